The maximum absolute atomic E-state index is 10.6. The Balaban J connectivity index is 3.14. The van der Waals surface area contributed by atoms with E-state index < -0.39 is 0 Å². The lowest BCUT2D eigenvalue weighted by Gasteiger charge is -2.12. The van der Waals surface area contributed by atoms with E-state index in [0.29, 0.717) is 0 Å². The fourth-order valence-corrected chi connectivity index (χ4v) is 1.36. The molecule has 0 heterocycles. The Morgan fingerprint density at radius 1 is 1.50 bits per heavy atom. The van der Waals surface area contributed by atoms with Gasteiger partial charge in [-0.05, 0) is 32.0 Å². The molecule has 1 atom stereocenters. The van der Waals surface area contributed by atoms with Crippen molar-refractivity contribution >= 4 is 5.69 Å². The second kappa shape index (κ2) is 4.19. The summed E-state index contributed by atoms with van der Waals surface area (Å²) in [6.07, 6.45) is 0. The molecular weight excluding hydrogens is 180 g/mol. The Bertz CT molecular complexity index is 350. The molecule has 4 nitrogen and oxygen atoms in total. The standard InChI is InChI=1S/C10H14N2O2/c1-7-4-5-9(12(13)14)6-10(7)8(2)11-3/h4-6,8,11H,1-3H3/t8-/m1/s1. The van der Waals surface area contributed by atoms with Gasteiger partial charge in [0.2, 0.25) is 0 Å². The first-order valence-electron chi connectivity index (χ1n) is 4.48. The summed E-state index contributed by atoms with van der Waals surface area (Å²) in [5, 5.41) is 13.6. The summed E-state index contributed by atoms with van der Waals surface area (Å²) in [7, 11) is 1.84. The molecule has 76 valence electrons. The van der Waals surface area contributed by atoms with Crippen LogP contribution in [0.4, 0.5) is 5.69 Å². The normalized spacial score (nSPS) is 12.5. The third kappa shape index (κ3) is 2.09. The molecule has 0 saturated carbocycles. The van der Waals surface area contributed by atoms with Crippen LogP contribution in [-0.2, 0) is 0 Å². The van der Waals surface area contributed by atoms with Crippen LogP contribution < -0.4 is 5.32 Å². The van der Waals surface area contributed by atoms with E-state index in [4.69, 9.17) is 0 Å². The average molecular weight is 194 g/mol. The molecule has 0 aliphatic rings. The first-order valence-corrected chi connectivity index (χ1v) is 4.48. The van der Waals surface area contributed by atoms with Crippen LogP contribution >= 0.6 is 0 Å². The van der Waals surface area contributed by atoms with Gasteiger partial charge in [0.05, 0.1) is 4.92 Å². The molecule has 1 aromatic rings. The van der Waals surface area contributed by atoms with Gasteiger partial charge in [0.25, 0.3) is 5.69 Å². The number of benzene rings is 1. The number of nitro groups is 1. The van der Waals surface area contributed by atoms with Crippen molar-refractivity contribution in [2.45, 2.75) is 19.9 Å². The summed E-state index contributed by atoms with van der Waals surface area (Å²) < 4.78 is 0. The number of hydrogen-bond donors (Lipinski definition) is 1. The molecule has 1 N–H and O–H groups in total. The summed E-state index contributed by atoms with van der Waals surface area (Å²) >= 11 is 0. The molecule has 0 radical (unpaired) electrons. The molecule has 1 aromatic carbocycles. The van der Waals surface area contributed by atoms with Gasteiger partial charge in [-0.1, -0.05) is 6.07 Å². The number of nitro benzene ring substituents is 1. The Hall–Kier alpha value is -1.42. The molecule has 4 heteroatoms. The van der Waals surface area contributed by atoms with Crippen LogP contribution in [0.2, 0.25) is 0 Å². The van der Waals surface area contributed by atoms with Crippen molar-refractivity contribution in [2.24, 2.45) is 0 Å². The molecule has 0 aliphatic heterocycles. The number of rotatable bonds is 3. The zero-order valence-corrected chi connectivity index (χ0v) is 8.57. The SMILES string of the molecule is CN[C@H](C)c1cc([N+](=O)[O-])ccc1C. The number of hydrogen-bond acceptors (Lipinski definition) is 3. The highest BCUT2D eigenvalue weighted by molar-refractivity contribution is 5.40. The van der Waals surface area contributed by atoms with Gasteiger partial charge < -0.3 is 5.32 Å². The van der Waals surface area contributed by atoms with Crippen LogP contribution in [0.3, 0.4) is 0 Å². The van der Waals surface area contributed by atoms with E-state index in [-0.39, 0.29) is 16.7 Å². The summed E-state index contributed by atoms with van der Waals surface area (Å²) in [6.45, 7) is 3.93. The summed E-state index contributed by atoms with van der Waals surface area (Å²) in [5.41, 5.74) is 2.19. The monoisotopic (exact) mass is 194 g/mol. The third-order valence-corrected chi connectivity index (χ3v) is 2.37. The molecule has 0 amide bonds. The molecule has 0 unspecified atom stereocenters. The van der Waals surface area contributed by atoms with E-state index in [9.17, 15) is 10.1 Å². The molecule has 0 spiro atoms. The van der Waals surface area contributed by atoms with Crippen molar-refractivity contribution in [3.05, 3.63) is 39.4 Å². The maximum atomic E-state index is 10.6. The fraction of sp³-hybridized carbons (Fsp3) is 0.400. The van der Waals surface area contributed by atoms with Crippen LogP contribution in [0.15, 0.2) is 18.2 Å². The Morgan fingerprint density at radius 2 is 2.14 bits per heavy atom. The van der Waals surface area contributed by atoms with Gasteiger partial charge in [-0.25, -0.2) is 0 Å². The third-order valence-electron chi connectivity index (χ3n) is 2.37. The highest BCUT2D eigenvalue weighted by Crippen LogP contribution is 2.22. The minimum Gasteiger partial charge on any atom is -0.313 e. The van der Waals surface area contributed by atoms with Crippen molar-refractivity contribution in [2.75, 3.05) is 7.05 Å². The first-order chi connectivity index (χ1) is 6.56. The van der Waals surface area contributed by atoms with Gasteiger partial charge in [0, 0.05) is 18.2 Å². The average Bonchev–Trinajstić information content (AvgIpc) is 2.17. The summed E-state index contributed by atoms with van der Waals surface area (Å²) in [5.74, 6) is 0. The number of aryl methyl sites for hydroxylation is 1. The predicted octanol–water partition coefficient (Wildman–Crippen LogP) is 2.18. The van der Waals surface area contributed by atoms with Gasteiger partial charge >= 0.3 is 0 Å². The van der Waals surface area contributed by atoms with E-state index in [1.807, 2.05) is 20.9 Å². The van der Waals surface area contributed by atoms with Crippen LogP contribution in [0.5, 0.6) is 0 Å². The van der Waals surface area contributed by atoms with Gasteiger partial charge in [-0.2, -0.15) is 0 Å². The van der Waals surface area contributed by atoms with E-state index in [1.54, 1.807) is 12.1 Å². The second-order valence-corrected chi connectivity index (χ2v) is 3.31. The molecule has 1 rings (SSSR count). The van der Waals surface area contributed by atoms with Gasteiger partial charge in [0.1, 0.15) is 0 Å². The molecule has 14 heavy (non-hydrogen) atoms. The number of nitrogens with one attached hydrogen (secondary N) is 1. The van der Waals surface area contributed by atoms with E-state index >= 15 is 0 Å². The first kappa shape index (κ1) is 10.7. The Morgan fingerprint density at radius 3 is 2.64 bits per heavy atom. The van der Waals surface area contributed by atoms with Crippen LogP contribution in [0.1, 0.15) is 24.1 Å². The fourth-order valence-electron chi connectivity index (χ4n) is 1.36. The highest BCUT2D eigenvalue weighted by atomic mass is 16.6. The predicted molar refractivity (Wildman–Crippen MR) is 55.3 cm³/mol. The molecule has 0 bridgehead atoms. The Labute approximate surface area is 83.1 Å². The second-order valence-electron chi connectivity index (χ2n) is 3.31. The van der Waals surface area contributed by atoms with Crippen molar-refractivity contribution in [3.63, 3.8) is 0 Å². The van der Waals surface area contributed by atoms with Crippen molar-refractivity contribution in [1.82, 2.24) is 5.32 Å². The van der Waals surface area contributed by atoms with Crippen molar-refractivity contribution < 1.29 is 4.92 Å². The Kier molecular flexibility index (Phi) is 3.19. The zero-order chi connectivity index (χ0) is 10.7. The molecule has 0 saturated heterocycles. The number of non-ortho nitro benzene ring substituents is 1. The quantitative estimate of drug-likeness (QED) is 0.592. The largest absolute Gasteiger partial charge is 0.313 e. The lowest BCUT2D eigenvalue weighted by atomic mass is 10.0. The van der Waals surface area contributed by atoms with Gasteiger partial charge in [0.15, 0.2) is 0 Å². The lowest BCUT2D eigenvalue weighted by molar-refractivity contribution is -0.384. The smallest absolute Gasteiger partial charge is 0.269 e. The van der Waals surface area contributed by atoms with Crippen molar-refractivity contribution in [3.8, 4) is 0 Å². The van der Waals surface area contributed by atoms with E-state index in [0.717, 1.165) is 11.1 Å². The minimum atomic E-state index is -0.370. The van der Waals surface area contributed by atoms with E-state index in [1.165, 1.54) is 6.07 Å². The molecule has 0 aliphatic carbocycles. The lowest BCUT2D eigenvalue weighted by Crippen LogP contribution is -2.13. The topological polar surface area (TPSA) is 55.2 Å². The molecular formula is C10H14N2O2. The van der Waals surface area contributed by atoms with Gasteiger partial charge in [-0.3, -0.25) is 10.1 Å². The summed E-state index contributed by atoms with van der Waals surface area (Å²) in [4.78, 5) is 10.2. The van der Waals surface area contributed by atoms with Gasteiger partial charge in [-0.15, -0.1) is 0 Å². The van der Waals surface area contributed by atoms with Crippen LogP contribution in [0, 0.1) is 17.0 Å². The molecule has 0 fully saturated rings. The number of nitrogens with zero attached hydrogens (tertiary/aromatic N) is 1. The molecule has 0 aromatic heterocycles. The van der Waals surface area contributed by atoms with Crippen LogP contribution in [-0.4, -0.2) is 12.0 Å². The zero-order valence-electron chi connectivity index (χ0n) is 8.57. The van der Waals surface area contributed by atoms with E-state index in [2.05, 4.69) is 5.32 Å². The van der Waals surface area contributed by atoms with Crippen LogP contribution in [0.25, 0.3) is 0 Å². The minimum absolute atomic E-state index is 0.134. The highest BCUT2D eigenvalue weighted by Gasteiger charge is 2.11. The van der Waals surface area contributed by atoms with Crippen molar-refractivity contribution in [1.29, 1.82) is 0 Å². The summed E-state index contributed by atoms with van der Waals surface area (Å²) in [6, 6.07) is 5.06. The maximum Gasteiger partial charge on any atom is 0.269 e.